The quantitative estimate of drug-likeness (QED) is 0.660. The number of nitrogens with zero attached hydrogens (tertiary/aromatic N) is 2. The molecule has 144 valence electrons. The maximum Gasteiger partial charge on any atom is 0.263 e. The van der Waals surface area contributed by atoms with Crippen LogP contribution in [0.1, 0.15) is 12.8 Å². The number of nitrogens with one attached hydrogen (secondary N) is 2. The molecule has 0 radical (unpaired) electrons. The number of amides is 1. The van der Waals surface area contributed by atoms with Gasteiger partial charge in [0.05, 0.1) is 11.7 Å². The number of thiophene rings is 2. The Morgan fingerprint density at radius 3 is 3.04 bits per heavy atom. The minimum Gasteiger partial charge on any atom is -0.354 e. The first kappa shape index (κ1) is 20.0. The zero-order chi connectivity index (χ0) is 17.9. The lowest BCUT2D eigenvalue weighted by molar-refractivity contribution is -0.121. The Hall–Kier alpha value is -1.74. The number of fused-ring (bicyclic) bond motifs is 1. The van der Waals surface area contributed by atoms with E-state index >= 15 is 0 Å². The molecule has 4 rings (SSSR count). The highest BCUT2D eigenvalue weighted by Gasteiger charge is 2.17. The van der Waals surface area contributed by atoms with Crippen molar-refractivity contribution in [1.29, 1.82) is 0 Å². The second-order valence-electron chi connectivity index (χ2n) is 6.50. The average molecular weight is 425 g/mol. The largest absolute Gasteiger partial charge is 0.354 e. The topological polar surface area (TPSA) is 76.0 Å². The van der Waals surface area contributed by atoms with Crippen LogP contribution in [-0.2, 0) is 11.3 Å². The number of hydrogen-bond donors (Lipinski definition) is 2. The summed E-state index contributed by atoms with van der Waals surface area (Å²) >= 11 is 3.05. The minimum absolute atomic E-state index is 0. The molecule has 1 aliphatic heterocycles. The second-order valence-corrected chi connectivity index (χ2v) is 8.31. The van der Waals surface area contributed by atoms with E-state index in [1.807, 2.05) is 22.9 Å². The lowest BCUT2D eigenvalue weighted by Crippen LogP contribution is -2.40. The summed E-state index contributed by atoms with van der Waals surface area (Å²) in [5.74, 6) is 0.319. The molecular weight excluding hydrogens is 404 g/mol. The van der Waals surface area contributed by atoms with Crippen LogP contribution in [0.5, 0.6) is 0 Å². The fourth-order valence-electron chi connectivity index (χ4n) is 3.26. The highest BCUT2D eigenvalue weighted by Crippen LogP contribution is 2.33. The first-order chi connectivity index (χ1) is 12.7. The molecule has 1 unspecified atom stereocenters. The van der Waals surface area contributed by atoms with Crippen LogP contribution in [0.4, 0.5) is 0 Å². The van der Waals surface area contributed by atoms with E-state index in [2.05, 4.69) is 15.6 Å². The Kier molecular flexibility index (Phi) is 6.64. The molecule has 0 bridgehead atoms. The fraction of sp³-hybridized carbons (Fsp3) is 0.389. The van der Waals surface area contributed by atoms with Gasteiger partial charge in [-0.3, -0.25) is 14.2 Å². The van der Waals surface area contributed by atoms with Crippen molar-refractivity contribution >= 4 is 51.2 Å². The van der Waals surface area contributed by atoms with Crippen LogP contribution in [0.3, 0.4) is 0 Å². The lowest BCUT2D eigenvalue weighted by atomic mass is 10.00. The molecule has 1 saturated heterocycles. The summed E-state index contributed by atoms with van der Waals surface area (Å²) in [6.45, 7) is 2.64. The monoisotopic (exact) mass is 424 g/mol. The van der Waals surface area contributed by atoms with Gasteiger partial charge in [0.15, 0.2) is 0 Å². The summed E-state index contributed by atoms with van der Waals surface area (Å²) in [6, 6.07) is 3.96. The van der Waals surface area contributed by atoms with Crippen molar-refractivity contribution in [3.05, 3.63) is 39.6 Å². The predicted molar refractivity (Wildman–Crippen MR) is 113 cm³/mol. The van der Waals surface area contributed by atoms with Crippen LogP contribution in [0.25, 0.3) is 20.7 Å². The van der Waals surface area contributed by atoms with Crippen molar-refractivity contribution < 1.29 is 4.79 Å². The van der Waals surface area contributed by atoms with Crippen LogP contribution >= 0.6 is 35.1 Å². The summed E-state index contributed by atoms with van der Waals surface area (Å²) in [5.41, 5.74) is 0.745. The maximum atomic E-state index is 12.9. The summed E-state index contributed by atoms with van der Waals surface area (Å²) < 4.78 is 1.40. The Labute approximate surface area is 171 Å². The average Bonchev–Trinajstić information content (AvgIpc) is 3.32. The Morgan fingerprint density at radius 2 is 2.30 bits per heavy atom. The number of aromatic nitrogens is 2. The van der Waals surface area contributed by atoms with E-state index < -0.39 is 0 Å². The van der Waals surface area contributed by atoms with Gasteiger partial charge in [-0.2, -0.15) is 0 Å². The molecule has 1 fully saturated rings. The zero-order valence-corrected chi connectivity index (χ0v) is 17.1. The number of hydrogen-bond acceptors (Lipinski definition) is 6. The van der Waals surface area contributed by atoms with Crippen LogP contribution in [0.15, 0.2) is 34.0 Å². The molecule has 1 amide bonds. The molecule has 27 heavy (non-hydrogen) atoms. The molecule has 3 aromatic rings. The molecule has 0 aliphatic carbocycles. The number of rotatable bonds is 5. The third-order valence-corrected chi connectivity index (χ3v) is 6.44. The minimum atomic E-state index is -0.158. The number of piperidine rings is 1. The smallest absolute Gasteiger partial charge is 0.263 e. The van der Waals surface area contributed by atoms with E-state index in [9.17, 15) is 9.59 Å². The fourth-order valence-corrected chi connectivity index (χ4v) is 4.98. The third kappa shape index (κ3) is 4.40. The molecule has 9 heteroatoms. The molecule has 6 nitrogen and oxygen atoms in total. The van der Waals surface area contributed by atoms with E-state index in [1.165, 1.54) is 22.2 Å². The maximum absolute atomic E-state index is 12.9. The Bertz CT molecular complexity index is 962. The lowest BCUT2D eigenvalue weighted by Gasteiger charge is -2.22. The summed E-state index contributed by atoms with van der Waals surface area (Å²) in [6.07, 6.45) is 3.74. The zero-order valence-electron chi connectivity index (χ0n) is 14.6. The summed E-state index contributed by atoms with van der Waals surface area (Å²) in [4.78, 5) is 31.3. The molecule has 0 spiro atoms. The van der Waals surface area contributed by atoms with Crippen LogP contribution in [-0.4, -0.2) is 35.1 Å². The van der Waals surface area contributed by atoms with Crippen LogP contribution < -0.4 is 16.2 Å². The Balaban J connectivity index is 0.00000210. The van der Waals surface area contributed by atoms with Crippen LogP contribution in [0.2, 0.25) is 0 Å². The van der Waals surface area contributed by atoms with Crippen molar-refractivity contribution in [2.45, 2.75) is 19.4 Å². The highest BCUT2D eigenvalue weighted by molar-refractivity contribution is 7.18. The van der Waals surface area contributed by atoms with Crippen molar-refractivity contribution in [3.8, 4) is 10.4 Å². The van der Waals surface area contributed by atoms with E-state index in [0.717, 1.165) is 36.4 Å². The normalized spacial score (nSPS) is 16.8. The van der Waals surface area contributed by atoms with E-state index in [0.29, 0.717) is 22.7 Å². The van der Waals surface area contributed by atoms with Gasteiger partial charge in [-0.1, -0.05) is 6.07 Å². The van der Waals surface area contributed by atoms with E-state index in [-0.39, 0.29) is 30.4 Å². The number of carbonyl (C=O) groups excluding carboxylic acids is 1. The van der Waals surface area contributed by atoms with E-state index in [1.54, 1.807) is 11.3 Å². The van der Waals surface area contributed by atoms with Gasteiger partial charge in [0, 0.05) is 22.4 Å². The summed E-state index contributed by atoms with van der Waals surface area (Å²) in [7, 11) is 0. The van der Waals surface area contributed by atoms with Crippen molar-refractivity contribution in [2.75, 3.05) is 19.6 Å². The van der Waals surface area contributed by atoms with Crippen LogP contribution in [0, 0.1) is 5.92 Å². The molecule has 2 N–H and O–H groups in total. The van der Waals surface area contributed by atoms with Crippen molar-refractivity contribution in [2.24, 2.45) is 5.92 Å². The Morgan fingerprint density at radius 1 is 1.41 bits per heavy atom. The third-order valence-electron chi connectivity index (χ3n) is 4.65. The molecule has 4 heterocycles. The molecule has 0 saturated carbocycles. The molecular formula is C18H21ClN4O2S2. The molecule has 1 atom stereocenters. The first-order valence-electron chi connectivity index (χ1n) is 8.70. The van der Waals surface area contributed by atoms with Crippen molar-refractivity contribution in [1.82, 2.24) is 20.2 Å². The van der Waals surface area contributed by atoms with E-state index in [4.69, 9.17) is 0 Å². The van der Waals surface area contributed by atoms with Crippen molar-refractivity contribution in [3.63, 3.8) is 0 Å². The van der Waals surface area contributed by atoms with Gasteiger partial charge in [0.25, 0.3) is 5.56 Å². The molecule has 3 aromatic heterocycles. The second kappa shape index (κ2) is 8.97. The van der Waals surface area contributed by atoms with Gasteiger partial charge < -0.3 is 10.6 Å². The molecule has 1 aliphatic rings. The number of carbonyl (C=O) groups is 1. The van der Waals surface area contributed by atoms with Gasteiger partial charge in [-0.25, -0.2) is 4.98 Å². The predicted octanol–water partition coefficient (Wildman–Crippen LogP) is 2.72. The van der Waals surface area contributed by atoms with Gasteiger partial charge in [0.2, 0.25) is 5.91 Å². The first-order valence-corrected chi connectivity index (χ1v) is 10.5. The molecule has 0 aromatic carbocycles. The van der Waals surface area contributed by atoms with Gasteiger partial charge in [-0.15, -0.1) is 35.1 Å². The number of halogens is 1. The highest BCUT2D eigenvalue weighted by atomic mass is 35.5. The standard InChI is InChI=1S/C18H20N4O2S2.ClH/c23-15(20-8-12-3-1-5-19-7-12)9-22-11-21-17-16(18(22)24)13(10-26-17)14-4-2-6-25-14;/h2,4,6,10-12,19H,1,3,5,7-9H2,(H,20,23);1H. The van der Waals surface area contributed by atoms with Gasteiger partial charge in [-0.05, 0) is 43.3 Å². The summed E-state index contributed by atoms with van der Waals surface area (Å²) in [5, 5.41) is 10.8. The SMILES string of the molecule is Cl.O=C(Cn1cnc2scc(-c3cccs3)c2c1=O)NCC1CCCNC1. The van der Waals surface area contributed by atoms with Gasteiger partial charge >= 0.3 is 0 Å². The van der Waals surface area contributed by atoms with Gasteiger partial charge in [0.1, 0.15) is 11.4 Å².